The number of fused-ring (bicyclic) bond motifs is 1. The van der Waals surface area contributed by atoms with Crippen molar-refractivity contribution in [2.75, 3.05) is 0 Å². The number of hydrogen-bond donors (Lipinski definition) is 1. The molecule has 3 rings (SSSR count). The van der Waals surface area contributed by atoms with Crippen LogP contribution in [0.2, 0.25) is 0 Å². The van der Waals surface area contributed by atoms with Crippen LogP contribution in [0, 0.1) is 5.92 Å². The molecule has 1 aliphatic carbocycles. The normalized spacial score (nSPS) is 18.7. The highest BCUT2D eigenvalue weighted by atomic mass is 32.2. The molecule has 1 aliphatic rings. The lowest BCUT2D eigenvalue weighted by Crippen LogP contribution is -2.44. The van der Waals surface area contributed by atoms with E-state index in [1.807, 2.05) is 27.7 Å². The monoisotopic (exact) mass is 379 g/mol. The largest absolute Gasteiger partial charge is 0.410 e. The van der Waals surface area contributed by atoms with Gasteiger partial charge in [0, 0.05) is 10.4 Å². The lowest BCUT2D eigenvalue weighted by molar-refractivity contribution is -0.121. The van der Waals surface area contributed by atoms with E-state index in [1.165, 1.54) is 28.6 Å². The van der Waals surface area contributed by atoms with Crippen LogP contribution in [0.15, 0.2) is 15.7 Å². The molecule has 0 unspecified atom stereocenters. The van der Waals surface area contributed by atoms with Crippen molar-refractivity contribution < 1.29 is 9.21 Å². The minimum absolute atomic E-state index is 0.0298. The van der Waals surface area contributed by atoms with Crippen LogP contribution in [0.1, 0.15) is 51.5 Å². The lowest BCUT2D eigenvalue weighted by atomic mass is 9.90. The van der Waals surface area contributed by atoms with Crippen LogP contribution in [-0.4, -0.2) is 26.9 Å². The Morgan fingerprint density at radius 1 is 1.44 bits per heavy atom. The first-order valence-corrected chi connectivity index (χ1v) is 10.3. The number of nitrogens with zero attached hydrogens (tertiary/aromatic N) is 2. The first-order chi connectivity index (χ1) is 11.7. The van der Waals surface area contributed by atoms with Gasteiger partial charge in [0.1, 0.15) is 0 Å². The number of amides is 1. The van der Waals surface area contributed by atoms with E-state index in [0.29, 0.717) is 11.1 Å². The highest BCUT2D eigenvalue weighted by Gasteiger charge is 2.24. The third-order valence-corrected chi connectivity index (χ3v) is 6.25. The summed E-state index contributed by atoms with van der Waals surface area (Å²) in [5.74, 6) is 1.27. The van der Waals surface area contributed by atoms with Gasteiger partial charge in [-0.15, -0.1) is 21.5 Å². The Bertz CT molecular complexity index is 761. The summed E-state index contributed by atoms with van der Waals surface area (Å²) >= 11 is 3.05. The molecule has 1 N–H and O–H groups in total. The molecule has 0 spiro atoms. The van der Waals surface area contributed by atoms with Gasteiger partial charge in [0.2, 0.25) is 5.91 Å². The molecule has 0 bridgehead atoms. The zero-order valence-corrected chi connectivity index (χ0v) is 17.0. The zero-order chi connectivity index (χ0) is 18.2. The van der Waals surface area contributed by atoms with Crippen molar-refractivity contribution in [3.05, 3.63) is 16.5 Å². The molecular formula is C18H25N3O2S2. The number of rotatable bonds is 4. The number of thiophene rings is 1. The molecule has 0 saturated heterocycles. The Kier molecular flexibility index (Phi) is 5.25. The van der Waals surface area contributed by atoms with Crippen molar-refractivity contribution in [3.63, 3.8) is 0 Å². The molecule has 2 atom stereocenters. The topological polar surface area (TPSA) is 68.0 Å². The summed E-state index contributed by atoms with van der Waals surface area (Å²) in [6.07, 6.45) is 3.52. The molecule has 5 nitrogen and oxygen atoms in total. The van der Waals surface area contributed by atoms with Gasteiger partial charge < -0.3 is 9.73 Å². The lowest BCUT2D eigenvalue weighted by Gasteiger charge is -2.22. The van der Waals surface area contributed by atoms with E-state index in [9.17, 15) is 4.79 Å². The van der Waals surface area contributed by atoms with Gasteiger partial charge >= 0.3 is 0 Å². The minimum Gasteiger partial charge on any atom is -0.410 e. The van der Waals surface area contributed by atoms with Gasteiger partial charge in [-0.2, -0.15) is 0 Å². The van der Waals surface area contributed by atoms with Crippen LogP contribution in [0.25, 0.3) is 10.8 Å². The van der Waals surface area contributed by atoms with Crippen LogP contribution in [0.3, 0.4) is 0 Å². The number of nitrogens with one attached hydrogen (secondary N) is 1. The Hall–Kier alpha value is -1.34. The smallest absolute Gasteiger partial charge is 0.277 e. The Morgan fingerprint density at radius 2 is 2.20 bits per heavy atom. The van der Waals surface area contributed by atoms with E-state index >= 15 is 0 Å². The standard InChI is InChI=1S/C18H25N3O2S2/c1-10-6-7-13-12(8-10)9-14(25-13)16-20-21-17(23-16)24-11(2)15(22)19-18(3,4)5/h9-11H,6-8H2,1-5H3,(H,19,22)/t10-,11+/m0/s1. The van der Waals surface area contributed by atoms with E-state index < -0.39 is 0 Å². The van der Waals surface area contributed by atoms with Gasteiger partial charge in [-0.3, -0.25) is 4.79 Å². The van der Waals surface area contributed by atoms with Crippen molar-refractivity contribution in [3.8, 4) is 10.8 Å². The van der Waals surface area contributed by atoms with Crippen molar-refractivity contribution in [2.45, 2.75) is 69.9 Å². The average molecular weight is 380 g/mol. The van der Waals surface area contributed by atoms with Gasteiger partial charge in [-0.05, 0) is 64.5 Å². The highest BCUT2D eigenvalue weighted by Crippen LogP contribution is 2.37. The van der Waals surface area contributed by atoms with Crippen molar-refractivity contribution >= 4 is 29.0 Å². The van der Waals surface area contributed by atoms with Crippen LogP contribution >= 0.6 is 23.1 Å². The number of aryl methyl sites for hydroxylation is 1. The van der Waals surface area contributed by atoms with Crippen LogP contribution in [0.5, 0.6) is 0 Å². The second-order valence-electron chi connectivity index (χ2n) is 7.78. The fraction of sp³-hybridized carbons (Fsp3) is 0.611. The summed E-state index contributed by atoms with van der Waals surface area (Å²) in [4.78, 5) is 14.7. The van der Waals surface area contributed by atoms with Crippen LogP contribution < -0.4 is 5.32 Å². The number of carbonyl (C=O) groups excluding carboxylic acids is 1. The molecule has 0 saturated carbocycles. The van der Waals surface area contributed by atoms with E-state index in [-0.39, 0.29) is 16.7 Å². The van der Waals surface area contributed by atoms with Gasteiger partial charge in [0.15, 0.2) is 0 Å². The maximum absolute atomic E-state index is 12.2. The Morgan fingerprint density at radius 3 is 2.92 bits per heavy atom. The summed E-state index contributed by atoms with van der Waals surface area (Å²) < 4.78 is 5.80. The second kappa shape index (κ2) is 7.11. The zero-order valence-electron chi connectivity index (χ0n) is 15.4. The van der Waals surface area contributed by atoms with Crippen LogP contribution in [-0.2, 0) is 17.6 Å². The minimum atomic E-state index is -0.287. The first kappa shape index (κ1) is 18.5. The summed E-state index contributed by atoms with van der Waals surface area (Å²) in [5, 5.41) is 11.4. The molecule has 0 fully saturated rings. The Labute approximate surface area is 157 Å². The molecule has 7 heteroatoms. The van der Waals surface area contributed by atoms with Gasteiger partial charge in [0.05, 0.1) is 10.1 Å². The summed E-state index contributed by atoms with van der Waals surface area (Å²) in [5.41, 5.74) is 1.17. The van der Waals surface area contributed by atoms with E-state index in [0.717, 1.165) is 23.6 Å². The fourth-order valence-corrected chi connectivity index (χ4v) is 4.66. The second-order valence-corrected chi connectivity index (χ2v) is 10.2. The summed E-state index contributed by atoms with van der Waals surface area (Å²) in [6, 6.07) is 2.19. The molecule has 0 radical (unpaired) electrons. The molecule has 2 heterocycles. The molecular weight excluding hydrogens is 354 g/mol. The molecule has 2 aromatic rings. The first-order valence-electron chi connectivity index (χ1n) is 8.65. The third kappa shape index (κ3) is 4.64. The van der Waals surface area contributed by atoms with E-state index in [1.54, 1.807) is 11.3 Å². The Balaban J connectivity index is 1.68. The average Bonchev–Trinajstić information content (AvgIpc) is 3.11. The predicted molar refractivity (Wildman–Crippen MR) is 102 cm³/mol. The van der Waals surface area contributed by atoms with Crippen molar-refractivity contribution in [1.82, 2.24) is 15.5 Å². The summed E-state index contributed by atoms with van der Waals surface area (Å²) in [6.45, 7) is 10.0. The third-order valence-electron chi connectivity index (χ3n) is 4.09. The molecule has 2 aromatic heterocycles. The predicted octanol–water partition coefficient (Wildman–Crippen LogP) is 4.32. The number of carbonyl (C=O) groups is 1. The van der Waals surface area contributed by atoms with E-state index in [4.69, 9.17) is 4.42 Å². The number of thioether (sulfide) groups is 1. The molecule has 0 aliphatic heterocycles. The number of aromatic nitrogens is 2. The van der Waals surface area contributed by atoms with Crippen LogP contribution in [0.4, 0.5) is 0 Å². The maximum Gasteiger partial charge on any atom is 0.277 e. The van der Waals surface area contributed by atoms with Gasteiger partial charge in [0.25, 0.3) is 11.1 Å². The summed E-state index contributed by atoms with van der Waals surface area (Å²) in [7, 11) is 0. The van der Waals surface area contributed by atoms with Crippen molar-refractivity contribution in [1.29, 1.82) is 0 Å². The number of hydrogen-bond acceptors (Lipinski definition) is 6. The molecule has 1 amide bonds. The highest BCUT2D eigenvalue weighted by molar-refractivity contribution is 8.00. The SMILES string of the molecule is C[C@H]1CCc2sc(-c3nnc(S[C@H](C)C(=O)NC(C)(C)C)o3)cc2C1. The maximum atomic E-state index is 12.2. The molecule has 0 aromatic carbocycles. The van der Waals surface area contributed by atoms with Gasteiger partial charge in [-0.1, -0.05) is 18.7 Å². The van der Waals surface area contributed by atoms with Gasteiger partial charge in [-0.25, -0.2) is 0 Å². The van der Waals surface area contributed by atoms with E-state index in [2.05, 4.69) is 28.5 Å². The molecule has 25 heavy (non-hydrogen) atoms. The molecule has 136 valence electrons. The fourth-order valence-electron chi connectivity index (χ4n) is 2.84. The quantitative estimate of drug-likeness (QED) is 0.801. The van der Waals surface area contributed by atoms with Crippen molar-refractivity contribution in [2.24, 2.45) is 5.92 Å².